The first-order chi connectivity index (χ1) is 14.9. The molecular formula is C24H30IN5O. The molecule has 1 atom stereocenters. The molecule has 4 rings (SSSR count). The number of anilines is 1. The van der Waals surface area contributed by atoms with Crippen LogP contribution in [0.4, 0.5) is 5.82 Å². The molecule has 0 amide bonds. The monoisotopic (exact) mass is 531 g/mol. The predicted molar refractivity (Wildman–Crippen MR) is 136 cm³/mol. The van der Waals surface area contributed by atoms with Gasteiger partial charge < -0.3 is 20.0 Å². The quantitative estimate of drug-likeness (QED) is 0.263. The van der Waals surface area contributed by atoms with Gasteiger partial charge in [0.1, 0.15) is 11.6 Å². The van der Waals surface area contributed by atoms with Gasteiger partial charge >= 0.3 is 0 Å². The lowest BCUT2D eigenvalue weighted by Gasteiger charge is -2.20. The van der Waals surface area contributed by atoms with E-state index < -0.39 is 0 Å². The van der Waals surface area contributed by atoms with Crippen LogP contribution in [0.2, 0.25) is 0 Å². The highest BCUT2D eigenvalue weighted by atomic mass is 127. The van der Waals surface area contributed by atoms with Gasteiger partial charge in [0.2, 0.25) is 0 Å². The molecule has 3 heterocycles. The zero-order chi connectivity index (χ0) is 20.4. The van der Waals surface area contributed by atoms with Gasteiger partial charge in [0.25, 0.3) is 0 Å². The number of aromatic nitrogens is 1. The van der Waals surface area contributed by atoms with Crippen molar-refractivity contribution in [3.05, 3.63) is 84.4 Å². The lowest BCUT2D eigenvalue weighted by atomic mass is 10.1. The number of rotatable bonds is 8. The highest BCUT2D eigenvalue weighted by Crippen LogP contribution is 2.17. The standard InChI is InChI=1S/C24H29N5O.HI/c1-2-7-20(8-3-1)11-15-26-24(27-16-12-22-9-6-18-30-22)28-21-13-17-29(19-21)23-10-4-5-14-25-23;/h1-10,14,18,21H,11-13,15-17,19H2,(H2,26,27,28);1H. The molecule has 2 aromatic heterocycles. The van der Waals surface area contributed by atoms with E-state index in [9.17, 15) is 0 Å². The third kappa shape index (κ3) is 7.27. The van der Waals surface area contributed by atoms with Gasteiger partial charge in [0.15, 0.2) is 5.96 Å². The predicted octanol–water partition coefficient (Wildman–Crippen LogP) is 3.89. The van der Waals surface area contributed by atoms with Gasteiger partial charge in [-0.1, -0.05) is 36.4 Å². The minimum atomic E-state index is 0. The van der Waals surface area contributed by atoms with E-state index in [0.717, 1.165) is 56.4 Å². The zero-order valence-electron chi connectivity index (χ0n) is 17.6. The molecule has 31 heavy (non-hydrogen) atoms. The molecule has 0 aliphatic carbocycles. The molecule has 0 radical (unpaired) electrons. The third-order valence-corrected chi connectivity index (χ3v) is 5.26. The summed E-state index contributed by atoms with van der Waals surface area (Å²) in [5.74, 6) is 2.87. The van der Waals surface area contributed by atoms with Gasteiger partial charge in [-0.25, -0.2) is 4.98 Å². The summed E-state index contributed by atoms with van der Waals surface area (Å²) in [6.07, 6.45) is 6.38. The third-order valence-electron chi connectivity index (χ3n) is 5.26. The summed E-state index contributed by atoms with van der Waals surface area (Å²) in [4.78, 5) is 11.6. The molecule has 0 spiro atoms. The fourth-order valence-electron chi connectivity index (χ4n) is 3.68. The lowest BCUT2D eigenvalue weighted by molar-refractivity contribution is 0.510. The molecule has 1 unspecified atom stereocenters. The van der Waals surface area contributed by atoms with Crippen LogP contribution in [0.25, 0.3) is 0 Å². The Morgan fingerprint density at radius 1 is 1.06 bits per heavy atom. The molecule has 1 fully saturated rings. The highest BCUT2D eigenvalue weighted by Gasteiger charge is 2.24. The maximum Gasteiger partial charge on any atom is 0.191 e. The van der Waals surface area contributed by atoms with Crippen molar-refractivity contribution < 1.29 is 4.42 Å². The van der Waals surface area contributed by atoms with Crippen molar-refractivity contribution in [2.45, 2.75) is 25.3 Å². The van der Waals surface area contributed by atoms with Crippen LogP contribution in [0.1, 0.15) is 17.7 Å². The Kier molecular flexibility index (Phi) is 9.20. The first kappa shape index (κ1) is 23.1. The average Bonchev–Trinajstić information content (AvgIpc) is 3.47. The maximum absolute atomic E-state index is 5.43. The Hall–Kier alpha value is -2.55. The number of furan rings is 1. The Morgan fingerprint density at radius 2 is 1.94 bits per heavy atom. The SMILES string of the molecule is I.c1ccc(CCNC(=NCCc2ccco2)NC2CCN(c3ccccn3)C2)cc1. The summed E-state index contributed by atoms with van der Waals surface area (Å²) < 4.78 is 5.43. The van der Waals surface area contributed by atoms with Gasteiger partial charge in [-0.05, 0) is 42.7 Å². The molecule has 7 heteroatoms. The fraction of sp³-hybridized carbons (Fsp3) is 0.333. The molecular weight excluding hydrogens is 501 g/mol. The number of nitrogens with one attached hydrogen (secondary N) is 2. The minimum Gasteiger partial charge on any atom is -0.469 e. The van der Waals surface area contributed by atoms with Crippen molar-refractivity contribution in [1.29, 1.82) is 0 Å². The molecule has 6 nitrogen and oxygen atoms in total. The van der Waals surface area contributed by atoms with E-state index >= 15 is 0 Å². The van der Waals surface area contributed by atoms with Gasteiger partial charge in [-0.15, -0.1) is 24.0 Å². The van der Waals surface area contributed by atoms with Crippen molar-refractivity contribution >= 4 is 35.8 Å². The Balaban J connectivity index is 0.00000272. The van der Waals surface area contributed by atoms with E-state index in [0.29, 0.717) is 12.6 Å². The normalized spacial score (nSPS) is 16.1. The van der Waals surface area contributed by atoms with Gasteiger partial charge in [-0.2, -0.15) is 0 Å². The maximum atomic E-state index is 5.43. The van der Waals surface area contributed by atoms with Crippen LogP contribution in [0.15, 0.2) is 82.5 Å². The Labute approximate surface area is 201 Å². The summed E-state index contributed by atoms with van der Waals surface area (Å²) in [7, 11) is 0. The molecule has 0 saturated carbocycles. The number of guanidine groups is 1. The fourth-order valence-corrected chi connectivity index (χ4v) is 3.68. The van der Waals surface area contributed by atoms with Gasteiger partial charge in [0, 0.05) is 44.8 Å². The average molecular weight is 531 g/mol. The van der Waals surface area contributed by atoms with Crippen LogP contribution >= 0.6 is 24.0 Å². The van der Waals surface area contributed by atoms with Crippen LogP contribution in [-0.4, -0.2) is 43.2 Å². The Bertz CT molecular complexity index is 902. The summed E-state index contributed by atoms with van der Waals surface area (Å²) in [5.41, 5.74) is 1.32. The van der Waals surface area contributed by atoms with Crippen molar-refractivity contribution in [3.8, 4) is 0 Å². The molecule has 164 valence electrons. The second-order valence-electron chi connectivity index (χ2n) is 7.49. The Morgan fingerprint density at radius 3 is 2.71 bits per heavy atom. The number of halogens is 1. The molecule has 1 aliphatic heterocycles. The largest absolute Gasteiger partial charge is 0.469 e. The molecule has 1 saturated heterocycles. The van der Waals surface area contributed by atoms with E-state index in [1.807, 2.05) is 36.5 Å². The van der Waals surface area contributed by atoms with E-state index in [4.69, 9.17) is 9.41 Å². The van der Waals surface area contributed by atoms with Crippen LogP contribution in [0.3, 0.4) is 0 Å². The second kappa shape index (κ2) is 12.3. The molecule has 1 aliphatic rings. The minimum absolute atomic E-state index is 0. The van der Waals surface area contributed by atoms with E-state index in [-0.39, 0.29) is 24.0 Å². The topological polar surface area (TPSA) is 65.7 Å². The lowest BCUT2D eigenvalue weighted by Crippen LogP contribution is -2.45. The van der Waals surface area contributed by atoms with Crippen LogP contribution in [0.5, 0.6) is 0 Å². The first-order valence-electron chi connectivity index (χ1n) is 10.6. The molecule has 0 bridgehead atoms. The zero-order valence-corrected chi connectivity index (χ0v) is 19.9. The van der Waals surface area contributed by atoms with Crippen molar-refractivity contribution in [3.63, 3.8) is 0 Å². The molecule has 1 aromatic carbocycles. The number of pyridine rings is 1. The van der Waals surface area contributed by atoms with E-state index in [1.54, 1.807) is 6.26 Å². The summed E-state index contributed by atoms with van der Waals surface area (Å²) in [6, 6.07) is 20.8. The van der Waals surface area contributed by atoms with Crippen LogP contribution in [0, 0.1) is 0 Å². The smallest absolute Gasteiger partial charge is 0.191 e. The first-order valence-corrected chi connectivity index (χ1v) is 10.6. The summed E-state index contributed by atoms with van der Waals surface area (Å²) in [6.45, 7) is 3.45. The number of aliphatic imine (C=N–C) groups is 1. The van der Waals surface area contributed by atoms with Crippen LogP contribution < -0.4 is 15.5 Å². The van der Waals surface area contributed by atoms with E-state index in [1.165, 1.54) is 5.56 Å². The van der Waals surface area contributed by atoms with Crippen molar-refractivity contribution in [1.82, 2.24) is 15.6 Å². The van der Waals surface area contributed by atoms with Gasteiger partial charge in [-0.3, -0.25) is 4.99 Å². The number of nitrogens with zero attached hydrogens (tertiary/aromatic N) is 3. The number of benzene rings is 1. The summed E-state index contributed by atoms with van der Waals surface area (Å²) >= 11 is 0. The van der Waals surface area contributed by atoms with Crippen molar-refractivity contribution in [2.75, 3.05) is 31.1 Å². The molecule has 2 N–H and O–H groups in total. The number of hydrogen-bond acceptors (Lipinski definition) is 4. The molecule has 3 aromatic rings. The second-order valence-corrected chi connectivity index (χ2v) is 7.49. The van der Waals surface area contributed by atoms with Gasteiger partial charge in [0.05, 0.1) is 6.26 Å². The van der Waals surface area contributed by atoms with Crippen molar-refractivity contribution in [2.24, 2.45) is 4.99 Å². The number of hydrogen-bond donors (Lipinski definition) is 2. The van der Waals surface area contributed by atoms with E-state index in [2.05, 4.69) is 50.8 Å². The summed E-state index contributed by atoms with van der Waals surface area (Å²) in [5, 5.41) is 7.12. The highest BCUT2D eigenvalue weighted by molar-refractivity contribution is 14.0. The van der Waals surface area contributed by atoms with Crippen LogP contribution in [-0.2, 0) is 12.8 Å².